The van der Waals surface area contributed by atoms with Gasteiger partial charge in [0.2, 0.25) is 5.91 Å². The lowest BCUT2D eigenvalue weighted by Gasteiger charge is -2.37. The zero-order valence-corrected chi connectivity index (χ0v) is 17.7. The molecule has 0 bridgehead atoms. The Morgan fingerprint density at radius 2 is 1.94 bits per heavy atom. The molecule has 2 aromatic heterocycles. The van der Waals surface area contributed by atoms with Crippen molar-refractivity contribution >= 4 is 39.1 Å². The van der Waals surface area contributed by atoms with Gasteiger partial charge in [0.25, 0.3) is 11.5 Å². The summed E-state index contributed by atoms with van der Waals surface area (Å²) in [6, 6.07) is 8.90. The number of ether oxygens (including phenoxy) is 1. The quantitative estimate of drug-likeness (QED) is 0.626. The van der Waals surface area contributed by atoms with Gasteiger partial charge in [-0.3, -0.25) is 19.0 Å². The first-order valence-electron chi connectivity index (χ1n) is 10.4. The van der Waals surface area contributed by atoms with Gasteiger partial charge >= 0.3 is 0 Å². The number of benzene rings is 1. The van der Waals surface area contributed by atoms with Crippen LogP contribution in [0, 0.1) is 0 Å². The summed E-state index contributed by atoms with van der Waals surface area (Å²) in [5.41, 5.74) is 0.356. The van der Waals surface area contributed by atoms with Crippen LogP contribution in [0.3, 0.4) is 0 Å². The van der Waals surface area contributed by atoms with Crippen molar-refractivity contribution < 1.29 is 14.3 Å². The summed E-state index contributed by atoms with van der Waals surface area (Å²) in [6.07, 6.45) is 3.74. The molecule has 1 aromatic carbocycles. The number of nitrogens with zero attached hydrogens (tertiary/aromatic N) is 4. The van der Waals surface area contributed by atoms with Crippen molar-refractivity contribution in [2.45, 2.75) is 31.9 Å². The molecular weight excluding hydrogens is 416 g/mol. The van der Waals surface area contributed by atoms with Gasteiger partial charge in [0.15, 0.2) is 6.10 Å². The molecule has 2 amide bonds. The van der Waals surface area contributed by atoms with Crippen molar-refractivity contribution in [3.8, 4) is 5.75 Å². The average Bonchev–Trinajstić information content (AvgIpc) is 3.30. The molecule has 0 spiro atoms. The zero-order valence-electron chi connectivity index (χ0n) is 16.9. The smallest absolute Gasteiger partial charge is 0.265 e. The van der Waals surface area contributed by atoms with Crippen LogP contribution < -0.4 is 15.2 Å². The third-order valence-corrected chi connectivity index (χ3v) is 6.59. The molecule has 1 atom stereocenters. The number of aromatic nitrogens is 2. The van der Waals surface area contributed by atoms with E-state index in [1.54, 1.807) is 28.5 Å². The molecule has 3 aromatic rings. The van der Waals surface area contributed by atoms with E-state index in [-0.39, 0.29) is 30.5 Å². The molecule has 2 aliphatic rings. The van der Waals surface area contributed by atoms with Gasteiger partial charge in [-0.15, -0.1) is 11.3 Å². The molecule has 1 fully saturated rings. The molecule has 0 unspecified atom stereocenters. The van der Waals surface area contributed by atoms with Crippen molar-refractivity contribution in [3.05, 3.63) is 52.4 Å². The number of amides is 2. The van der Waals surface area contributed by atoms with Gasteiger partial charge < -0.3 is 14.5 Å². The predicted octanol–water partition coefficient (Wildman–Crippen LogP) is 2.26. The van der Waals surface area contributed by atoms with Gasteiger partial charge in [0, 0.05) is 13.1 Å². The average molecular weight is 439 g/mol. The van der Waals surface area contributed by atoms with E-state index in [0.29, 0.717) is 21.7 Å². The van der Waals surface area contributed by atoms with Crippen molar-refractivity contribution in [1.29, 1.82) is 0 Å². The molecular formula is C22H22N4O4S. The first-order chi connectivity index (χ1) is 15.1. The highest BCUT2D eigenvalue weighted by atomic mass is 32.1. The minimum atomic E-state index is -0.758. The molecule has 2 aliphatic heterocycles. The van der Waals surface area contributed by atoms with Crippen LogP contribution in [0.2, 0.25) is 0 Å². The van der Waals surface area contributed by atoms with Gasteiger partial charge in [0.1, 0.15) is 17.1 Å². The molecule has 160 valence electrons. The predicted molar refractivity (Wildman–Crippen MR) is 118 cm³/mol. The van der Waals surface area contributed by atoms with E-state index in [1.165, 1.54) is 22.2 Å². The second-order valence-corrected chi connectivity index (χ2v) is 8.68. The Morgan fingerprint density at radius 3 is 2.77 bits per heavy atom. The van der Waals surface area contributed by atoms with Crippen LogP contribution >= 0.6 is 11.3 Å². The number of piperidine rings is 1. The van der Waals surface area contributed by atoms with E-state index in [0.717, 1.165) is 32.4 Å². The second kappa shape index (κ2) is 8.14. The highest BCUT2D eigenvalue weighted by Crippen LogP contribution is 2.34. The lowest BCUT2D eigenvalue weighted by atomic mass is 10.1. The number of likely N-dealkylation sites (tertiary alicyclic amines) is 1. The Kier molecular flexibility index (Phi) is 5.19. The first-order valence-corrected chi connectivity index (χ1v) is 11.3. The number of anilines is 1. The van der Waals surface area contributed by atoms with Gasteiger partial charge in [-0.1, -0.05) is 12.1 Å². The van der Waals surface area contributed by atoms with E-state index in [4.69, 9.17) is 4.74 Å². The Balaban J connectivity index is 1.42. The lowest BCUT2D eigenvalue weighted by molar-refractivity contribution is -0.139. The van der Waals surface area contributed by atoms with Crippen molar-refractivity contribution in [2.75, 3.05) is 24.5 Å². The van der Waals surface area contributed by atoms with Gasteiger partial charge in [-0.05, 0) is 42.8 Å². The molecule has 31 heavy (non-hydrogen) atoms. The summed E-state index contributed by atoms with van der Waals surface area (Å²) < 4.78 is 7.30. The van der Waals surface area contributed by atoms with Crippen molar-refractivity contribution in [3.63, 3.8) is 0 Å². The van der Waals surface area contributed by atoms with Crippen molar-refractivity contribution in [2.24, 2.45) is 0 Å². The summed E-state index contributed by atoms with van der Waals surface area (Å²) in [5.74, 6) is 0.118. The van der Waals surface area contributed by atoms with Crippen LogP contribution in [0.5, 0.6) is 5.75 Å². The summed E-state index contributed by atoms with van der Waals surface area (Å²) in [7, 11) is 0. The van der Waals surface area contributed by atoms with Gasteiger partial charge in [-0.2, -0.15) is 0 Å². The lowest BCUT2D eigenvalue weighted by Crippen LogP contribution is -2.53. The number of rotatable bonds is 3. The number of para-hydroxylation sites is 2. The highest BCUT2D eigenvalue weighted by molar-refractivity contribution is 7.16. The maximum atomic E-state index is 13.3. The van der Waals surface area contributed by atoms with E-state index in [9.17, 15) is 14.4 Å². The topological polar surface area (TPSA) is 84.7 Å². The number of hydrogen-bond acceptors (Lipinski definition) is 6. The Bertz CT molecular complexity index is 1200. The minimum Gasteiger partial charge on any atom is -0.476 e. The third-order valence-electron chi connectivity index (χ3n) is 5.77. The molecule has 1 saturated heterocycles. The monoisotopic (exact) mass is 438 g/mol. The van der Waals surface area contributed by atoms with Gasteiger partial charge in [0.05, 0.1) is 23.9 Å². The fourth-order valence-corrected chi connectivity index (χ4v) is 4.88. The SMILES string of the molecule is O=C([C@@H]1CN(C(=O)Cn2cnc3sccc3c2=O)c2ccccc2O1)N1CCCCC1. The Hall–Kier alpha value is -3.20. The fraction of sp³-hybridized carbons (Fsp3) is 0.364. The number of thiophene rings is 1. The second-order valence-electron chi connectivity index (χ2n) is 7.78. The number of fused-ring (bicyclic) bond motifs is 2. The van der Waals surface area contributed by atoms with E-state index >= 15 is 0 Å². The fourth-order valence-electron chi connectivity index (χ4n) is 4.15. The summed E-state index contributed by atoms with van der Waals surface area (Å²) >= 11 is 1.39. The van der Waals surface area contributed by atoms with E-state index in [2.05, 4.69) is 4.98 Å². The number of carbonyl (C=O) groups is 2. The van der Waals surface area contributed by atoms with Crippen LogP contribution in [0.1, 0.15) is 19.3 Å². The van der Waals surface area contributed by atoms with E-state index < -0.39 is 6.10 Å². The summed E-state index contributed by atoms with van der Waals surface area (Å²) in [6.45, 7) is 1.40. The molecule has 0 radical (unpaired) electrons. The molecule has 8 nitrogen and oxygen atoms in total. The van der Waals surface area contributed by atoms with Gasteiger partial charge in [-0.25, -0.2) is 4.98 Å². The Labute approximate surface area is 182 Å². The molecule has 0 N–H and O–H groups in total. The largest absolute Gasteiger partial charge is 0.476 e. The zero-order chi connectivity index (χ0) is 21.4. The maximum Gasteiger partial charge on any atom is 0.265 e. The highest BCUT2D eigenvalue weighted by Gasteiger charge is 2.36. The van der Waals surface area contributed by atoms with Crippen LogP contribution in [-0.4, -0.2) is 52.0 Å². The maximum absolute atomic E-state index is 13.3. The molecule has 0 saturated carbocycles. The molecule has 5 rings (SSSR count). The van der Waals surface area contributed by atoms with Crippen LogP contribution in [0.15, 0.2) is 46.8 Å². The Morgan fingerprint density at radius 1 is 1.13 bits per heavy atom. The van der Waals surface area contributed by atoms with Crippen LogP contribution in [-0.2, 0) is 16.1 Å². The standard InChI is InChI=1S/C22H22N4O4S/c27-19(13-25-14-23-20-15(21(25)28)8-11-31-20)26-12-18(22(29)24-9-4-1-5-10-24)30-17-7-3-2-6-16(17)26/h2-3,6-8,11,14,18H,1,4-5,9-10,12-13H2/t18-/m0/s1. The molecule has 4 heterocycles. The summed E-state index contributed by atoms with van der Waals surface area (Å²) in [4.78, 5) is 47.3. The summed E-state index contributed by atoms with van der Waals surface area (Å²) in [5, 5.41) is 2.31. The first kappa shape index (κ1) is 19.7. The molecule has 0 aliphatic carbocycles. The normalized spacial score (nSPS) is 18.5. The van der Waals surface area contributed by atoms with Crippen molar-refractivity contribution in [1.82, 2.24) is 14.5 Å². The third kappa shape index (κ3) is 3.69. The number of carbonyl (C=O) groups excluding carboxylic acids is 2. The number of hydrogen-bond donors (Lipinski definition) is 0. The minimum absolute atomic E-state index is 0.0921. The van der Waals surface area contributed by atoms with Crippen LogP contribution in [0.4, 0.5) is 5.69 Å². The van der Waals surface area contributed by atoms with E-state index in [1.807, 2.05) is 17.0 Å². The molecule has 9 heteroatoms. The van der Waals surface area contributed by atoms with Crippen LogP contribution in [0.25, 0.3) is 10.2 Å².